The topological polar surface area (TPSA) is 120 Å². The van der Waals surface area contributed by atoms with Crippen molar-refractivity contribution in [3.05, 3.63) is 42.4 Å². The molecule has 168 valence electrons. The number of hydrogen-bond acceptors (Lipinski definition) is 7. The Morgan fingerprint density at radius 2 is 2.03 bits per heavy atom. The van der Waals surface area contributed by atoms with Gasteiger partial charge in [-0.3, -0.25) is 0 Å². The number of sulfonamides is 1. The van der Waals surface area contributed by atoms with Gasteiger partial charge in [0.2, 0.25) is 21.7 Å². The molecular weight excluding hydrogens is 459 g/mol. The van der Waals surface area contributed by atoms with Crippen LogP contribution in [0.1, 0.15) is 5.82 Å². The van der Waals surface area contributed by atoms with Crippen LogP contribution in [0.25, 0.3) is 0 Å². The molecule has 2 aromatic rings. The maximum atomic E-state index is 12.7. The molecule has 1 unspecified atom stereocenters. The number of primary sulfonamides is 1. The summed E-state index contributed by atoms with van der Waals surface area (Å²) < 4.78 is 71.6. The van der Waals surface area contributed by atoms with E-state index in [0.717, 1.165) is 6.20 Å². The number of anilines is 1. The molecular formula is C17H18F3N5O4S2. The zero-order valence-electron chi connectivity index (χ0n) is 15.9. The maximum Gasteiger partial charge on any atom is 0.451 e. The highest BCUT2D eigenvalue weighted by Gasteiger charge is 2.35. The molecule has 3 N–H and O–H groups in total. The molecule has 0 radical (unpaired) electrons. The van der Waals surface area contributed by atoms with Crippen molar-refractivity contribution in [2.45, 2.75) is 17.2 Å². The van der Waals surface area contributed by atoms with Gasteiger partial charge < -0.3 is 19.7 Å². The number of aromatic nitrogens is 2. The lowest BCUT2D eigenvalue weighted by molar-refractivity contribution is -0.145. The molecule has 14 heteroatoms. The largest absolute Gasteiger partial charge is 0.475 e. The summed E-state index contributed by atoms with van der Waals surface area (Å²) in [7, 11) is -3.79. The summed E-state index contributed by atoms with van der Waals surface area (Å²) in [4.78, 5) is 8.31. The van der Waals surface area contributed by atoms with Crippen LogP contribution in [0.2, 0.25) is 0 Å². The molecule has 31 heavy (non-hydrogen) atoms. The average molecular weight is 477 g/mol. The number of rotatable bonds is 5. The Bertz CT molecular complexity index is 1030. The number of thiocarbonyl (C=S) groups is 1. The number of halogens is 3. The van der Waals surface area contributed by atoms with Gasteiger partial charge in [0.1, 0.15) is 12.7 Å². The molecule has 1 aliphatic heterocycles. The average Bonchev–Trinajstić information content (AvgIpc) is 2.72. The second-order valence-corrected chi connectivity index (χ2v) is 8.41. The Hall–Kier alpha value is -2.55. The number of nitrogens with one attached hydrogen (secondary N) is 1. The zero-order valence-corrected chi connectivity index (χ0v) is 17.5. The predicted octanol–water partition coefficient (Wildman–Crippen LogP) is 1.62. The van der Waals surface area contributed by atoms with Crippen molar-refractivity contribution in [1.82, 2.24) is 14.9 Å². The quantitative estimate of drug-likeness (QED) is 0.619. The van der Waals surface area contributed by atoms with E-state index in [1.807, 2.05) is 4.90 Å². The first-order valence-electron chi connectivity index (χ1n) is 8.86. The number of alkyl halides is 3. The van der Waals surface area contributed by atoms with Crippen molar-refractivity contribution in [2.75, 3.05) is 31.6 Å². The second-order valence-electron chi connectivity index (χ2n) is 6.47. The van der Waals surface area contributed by atoms with Crippen LogP contribution in [0.5, 0.6) is 5.88 Å². The molecule has 0 saturated carbocycles. The highest BCUT2D eigenvalue weighted by atomic mass is 32.2. The predicted molar refractivity (Wildman–Crippen MR) is 108 cm³/mol. The van der Waals surface area contributed by atoms with Crippen molar-refractivity contribution in [3.63, 3.8) is 0 Å². The summed E-state index contributed by atoms with van der Waals surface area (Å²) in [6, 6.07) is 6.99. The molecule has 9 nitrogen and oxygen atoms in total. The van der Waals surface area contributed by atoms with E-state index in [0.29, 0.717) is 30.5 Å². The van der Waals surface area contributed by atoms with Crippen LogP contribution in [-0.4, -0.2) is 60.8 Å². The van der Waals surface area contributed by atoms with E-state index in [1.165, 1.54) is 30.3 Å². The van der Waals surface area contributed by atoms with Crippen molar-refractivity contribution in [1.29, 1.82) is 0 Å². The van der Waals surface area contributed by atoms with Crippen LogP contribution >= 0.6 is 12.2 Å². The summed E-state index contributed by atoms with van der Waals surface area (Å²) in [5.41, 5.74) is 0.567. The van der Waals surface area contributed by atoms with Crippen LogP contribution < -0.4 is 15.2 Å². The molecule has 1 aromatic heterocycles. The van der Waals surface area contributed by atoms with Crippen molar-refractivity contribution in [3.8, 4) is 5.88 Å². The highest BCUT2D eigenvalue weighted by molar-refractivity contribution is 7.89. The highest BCUT2D eigenvalue weighted by Crippen LogP contribution is 2.26. The SMILES string of the molecule is NS(=O)(=O)c1ccc(NC(=S)N2CCOC(COc3ccnc(C(F)(F)F)n3)C2)cc1. The molecule has 0 amide bonds. The third-order valence-electron chi connectivity index (χ3n) is 4.16. The maximum absolute atomic E-state index is 12.7. The molecule has 0 aliphatic carbocycles. The fourth-order valence-corrected chi connectivity index (χ4v) is 3.47. The van der Waals surface area contributed by atoms with E-state index in [2.05, 4.69) is 15.3 Å². The van der Waals surface area contributed by atoms with Gasteiger partial charge in [0, 0.05) is 31.0 Å². The number of benzene rings is 1. The van der Waals surface area contributed by atoms with Crippen LogP contribution in [-0.2, 0) is 20.9 Å². The number of nitrogens with zero attached hydrogens (tertiary/aromatic N) is 3. The number of nitrogens with two attached hydrogens (primary N) is 1. The lowest BCUT2D eigenvalue weighted by atomic mass is 10.3. The molecule has 0 bridgehead atoms. The van der Waals surface area contributed by atoms with Gasteiger partial charge in [-0.25, -0.2) is 18.5 Å². The van der Waals surface area contributed by atoms with Crippen LogP contribution in [0, 0.1) is 0 Å². The van der Waals surface area contributed by atoms with Gasteiger partial charge >= 0.3 is 6.18 Å². The van der Waals surface area contributed by atoms with E-state index >= 15 is 0 Å². The van der Waals surface area contributed by atoms with Crippen LogP contribution in [0.3, 0.4) is 0 Å². The van der Waals surface area contributed by atoms with Crippen molar-refractivity contribution in [2.24, 2.45) is 5.14 Å². The summed E-state index contributed by atoms with van der Waals surface area (Å²) in [5, 5.41) is 8.43. The van der Waals surface area contributed by atoms with Crippen molar-refractivity contribution >= 4 is 33.0 Å². The molecule has 0 spiro atoms. The Morgan fingerprint density at radius 1 is 1.32 bits per heavy atom. The monoisotopic (exact) mass is 477 g/mol. The van der Waals surface area contributed by atoms with E-state index in [-0.39, 0.29) is 17.4 Å². The van der Waals surface area contributed by atoms with Gasteiger partial charge in [0.05, 0.1) is 11.5 Å². The summed E-state index contributed by atoms with van der Waals surface area (Å²) >= 11 is 5.38. The molecule has 1 aliphatic rings. The first kappa shape index (κ1) is 23.1. The summed E-state index contributed by atoms with van der Waals surface area (Å²) in [6.07, 6.45) is -4.15. The first-order chi connectivity index (χ1) is 14.5. The minimum atomic E-state index is -4.66. The Kier molecular flexibility index (Phi) is 6.93. The van der Waals surface area contributed by atoms with Gasteiger partial charge in [0.25, 0.3) is 0 Å². The molecule has 1 saturated heterocycles. The molecule has 1 atom stereocenters. The van der Waals surface area contributed by atoms with Gasteiger partial charge in [-0.1, -0.05) is 0 Å². The van der Waals surface area contributed by atoms with Crippen LogP contribution in [0.15, 0.2) is 41.4 Å². The third kappa shape index (κ3) is 6.46. The fourth-order valence-electron chi connectivity index (χ4n) is 2.67. The molecule has 1 fully saturated rings. The van der Waals surface area contributed by atoms with Gasteiger partial charge in [-0.05, 0) is 36.5 Å². The lowest BCUT2D eigenvalue weighted by Crippen LogP contribution is -2.49. The Labute approximate surface area is 181 Å². The van der Waals surface area contributed by atoms with E-state index < -0.39 is 28.1 Å². The van der Waals surface area contributed by atoms with Gasteiger partial charge in [0.15, 0.2) is 5.11 Å². The number of hydrogen-bond donors (Lipinski definition) is 2. The smallest absolute Gasteiger partial charge is 0.451 e. The Morgan fingerprint density at radius 3 is 2.68 bits per heavy atom. The summed E-state index contributed by atoms with van der Waals surface area (Å²) in [5.74, 6) is -1.49. The minimum absolute atomic E-state index is 0.0223. The van der Waals surface area contributed by atoms with Crippen LogP contribution in [0.4, 0.5) is 18.9 Å². The lowest BCUT2D eigenvalue weighted by Gasteiger charge is -2.34. The van der Waals surface area contributed by atoms with E-state index in [1.54, 1.807) is 0 Å². The minimum Gasteiger partial charge on any atom is -0.475 e. The van der Waals surface area contributed by atoms with Gasteiger partial charge in [-0.2, -0.15) is 18.2 Å². The molecule has 1 aromatic carbocycles. The standard InChI is InChI=1S/C17H18F3N5O4S2/c18-17(19,20)15-22-6-5-14(24-15)29-10-12-9-25(7-8-28-12)16(30)23-11-1-3-13(4-2-11)31(21,26)27/h1-6,12H,7-10H2,(H,23,30)(H2,21,26,27). The van der Waals surface area contributed by atoms with E-state index in [9.17, 15) is 21.6 Å². The van der Waals surface area contributed by atoms with Gasteiger partial charge in [-0.15, -0.1) is 0 Å². The first-order valence-corrected chi connectivity index (χ1v) is 10.8. The second kappa shape index (κ2) is 9.30. The normalized spacial score (nSPS) is 17.3. The molecule has 2 heterocycles. The molecule has 3 rings (SSSR count). The summed E-state index contributed by atoms with van der Waals surface area (Å²) in [6.45, 7) is 1.12. The van der Waals surface area contributed by atoms with E-state index in [4.69, 9.17) is 26.8 Å². The fraction of sp³-hybridized carbons (Fsp3) is 0.353. The number of ether oxygens (including phenoxy) is 2. The van der Waals surface area contributed by atoms with Crippen molar-refractivity contribution < 1.29 is 31.1 Å². The number of morpholine rings is 1. The third-order valence-corrected chi connectivity index (χ3v) is 5.45. The Balaban J connectivity index is 1.55. The zero-order chi connectivity index (χ0) is 22.6.